The first-order chi connectivity index (χ1) is 13.5. The smallest absolute Gasteiger partial charge is 0.338 e. The van der Waals surface area contributed by atoms with E-state index in [1.165, 1.54) is 17.3 Å². The Morgan fingerprint density at radius 2 is 1.86 bits per heavy atom. The van der Waals surface area contributed by atoms with Crippen LogP contribution in [-0.2, 0) is 19.7 Å². The highest BCUT2D eigenvalue weighted by molar-refractivity contribution is 8.15. The first-order valence-electron chi connectivity index (χ1n) is 10.1. The van der Waals surface area contributed by atoms with Crippen LogP contribution in [0.15, 0.2) is 40.5 Å². The van der Waals surface area contributed by atoms with Gasteiger partial charge in [0.15, 0.2) is 5.17 Å². The summed E-state index contributed by atoms with van der Waals surface area (Å²) in [5.41, 5.74) is 3.17. The molecule has 2 unspecified atom stereocenters. The van der Waals surface area contributed by atoms with Crippen molar-refractivity contribution in [3.8, 4) is 0 Å². The minimum Gasteiger partial charge on any atom is -0.459 e. The molecule has 1 saturated heterocycles. The highest BCUT2D eigenvalue weighted by Crippen LogP contribution is 2.44. The largest absolute Gasteiger partial charge is 0.459 e. The third kappa shape index (κ3) is 4.13. The van der Waals surface area contributed by atoms with Crippen molar-refractivity contribution in [2.45, 2.75) is 77.7 Å². The van der Waals surface area contributed by atoms with Gasteiger partial charge in [-0.3, -0.25) is 9.69 Å². The third-order valence-electron chi connectivity index (χ3n) is 5.18. The fourth-order valence-corrected chi connectivity index (χ4v) is 4.74. The van der Waals surface area contributed by atoms with Crippen molar-refractivity contribution in [3.05, 3.63) is 46.7 Å². The molecule has 6 heteroatoms. The molecule has 3 rings (SSSR count). The van der Waals surface area contributed by atoms with Crippen molar-refractivity contribution in [3.63, 3.8) is 0 Å². The summed E-state index contributed by atoms with van der Waals surface area (Å²) in [6, 6.07) is 7.67. The zero-order valence-corrected chi connectivity index (χ0v) is 19.1. The average molecular weight is 415 g/mol. The van der Waals surface area contributed by atoms with Crippen LogP contribution in [0.1, 0.15) is 72.1 Å². The molecular formula is C23H30N2O3S. The first-order valence-corrected chi connectivity index (χ1v) is 11.0. The number of carbonyl (C=O) groups excluding carboxylic acids is 2. The molecule has 5 nitrogen and oxygen atoms in total. The molecule has 29 heavy (non-hydrogen) atoms. The van der Waals surface area contributed by atoms with Crippen molar-refractivity contribution < 1.29 is 14.3 Å². The highest BCUT2D eigenvalue weighted by atomic mass is 32.2. The van der Waals surface area contributed by atoms with Gasteiger partial charge in [-0.1, -0.05) is 63.7 Å². The molecule has 2 aliphatic rings. The Bertz CT molecular complexity index is 878. The molecule has 1 aromatic rings. The summed E-state index contributed by atoms with van der Waals surface area (Å²) >= 11 is 1.48. The van der Waals surface area contributed by atoms with Crippen molar-refractivity contribution in [2.75, 3.05) is 0 Å². The zero-order valence-electron chi connectivity index (χ0n) is 18.3. The molecule has 0 bridgehead atoms. The summed E-state index contributed by atoms with van der Waals surface area (Å²) in [7, 11) is 0. The Labute approximate surface area is 177 Å². The number of benzene rings is 1. The molecule has 1 aromatic carbocycles. The van der Waals surface area contributed by atoms with E-state index in [-0.39, 0.29) is 22.7 Å². The maximum absolute atomic E-state index is 13.1. The number of hydrogen-bond acceptors (Lipinski definition) is 5. The van der Waals surface area contributed by atoms with Crippen molar-refractivity contribution >= 4 is 28.8 Å². The summed E-state index contributed by atoms with van der Waals surface area (Å²) in [5.74, 6) is -0.411. The zero-order chi connectivity index (χ0) is 21.5. The predicted octanol–water partition coefficient (Wildman–Crippen LogP) is 4.97. The number of nitrogens with zero attached hydrogens (tertiary/aromatic N) is 2. The second kappa shape index (κ2) is 7.98. The van der Waals surface area contributed by atoms with Gasteiger partial charge in [-0.2, -0.15) is 0 Å². The van der Waals surface area contributed by atoms with Crippen LogP contribution in [0.25, 0.3) is 0 Å². The third-order valence-corrected chi connectivity index (χ3v) is 6.50. The molecule has 0 radical (unpaired) electrons. The number of ether oxygens (including phenoxy) is 1. The van der Waals surface area contributed by atoms with E-state index >= 15 is 0 Å². The number of amides is 1. The SMILES string of the molecule is CCC1SC2=NC(C)=C(C(=O)OC(C)C)C(c3ccc(C(C)(C)C)cc3)N2C1=O. The van der Waals surface area contributed by atoms with Crippen molar-refractivity contribution in [1.29, 1.82) is 0 Å². The molecular weight excluding hydrogens is 384 g/mol. The number of carbonyl (C=O) groups is 2. The molecule has 2 aliphatic heterocycles. The molecule has 1 fully saturated rings. The van der Waals surface area contributed by atoms with Gasteiger partial charge in [0.2, 0.25) is 5.91 Å². The molecule has 0 spiro atoms. The molecule has 156 valence electrons. The number of allylic oxidation sites excluding steroid dienone is 1. The van der Waals surface area contributed by atoms with Crippen LogP contribution in [0.3, 0.4) is 0 Å². The highest BCUT2D eigenvalue weighted by Gasteiger charge is 2.47. The van der Waals surface area contributed by atoms with Gasteiger partial charge in [0.1, 0.15) is 0 Å². The molecule has 0 N–H and O–H groups in total. The second-order valence-corrected chi connectivity index (χ2v) is 10.0. The van der Waals surface area contributed by atoms with E-state index < -0.39 is 12.0 Å². The van der Waals surface area contributed by atoms with Crippen LogP contribution in [0.2, 0.25) is 0 Å². The molecule has 2 atom stereocenters. The van der Waals surface area contributed by atoms with Crippen LogP contribution in [-0.4, -0.2) is 33.3 Å². The molecule has 0 saturated carbocycles. The van der Waals surface area contributed by atoms with Crippen LogP contribution in [0.4, 0.5) is 0 Å². The van der Waals surface area contributed by atoms with Gasteiger partial charge in [0.25, 0.3) is 0 Å². The Hall–Kier alpha value is -2.08. The number of amidine groups is 1. The van der Waals surface area contributed by atoms with Crippen molar-refractivity contribution in [2.24, 2.45) is 4.99 Å². The number of esters is 1. The summed E-state index contributed by atoms with van der Waals surface area (Å²) in [5, 5.41) is 0.503. The summed E-state index contributed by atoms with van der Waals surface area (Å²) < 4.78 is 5.52. The maximum atomic E-state index is 13.1. The quantitative estimate of drug-likeness (QED) is 0.653. The number of rotatable bonds is 4. The van der Waals surface area contributed by atoms with E-state index in [4.69, 9.17) is 4.74 Å². The van der Waals surface area contributed by atoms with Gasteiger partial charge >= 0.3 is 5.97 Å². The Balaban J connectivity index is 2.11. The summed E-state index contributed by atoms with van der Waals surface area (Å²) in [6.07, 6.45) is 0.476. The van der Waals surface area contributed by atoms with E-state index in [0.29, 0.717) is 16.4 Å². The van der Waals surface area contributed by atoms with Gasteiger partial charge in [0.05, 0.1) is 28.7 Å². The normalized spacial score (nSPS) is 22.1. The minimum absolute atomic E-state index is 0.00324. The number of aliphatic imine (C=N–C) groups is 1. The summed E-state index contributed by atoms with van der Waals surface area (Å²) in [4.78, 5) is 32.4. The summed E-state index contributed by atoms with van der Waals surface area (Å²) in [6.45, 7) is 13.9. The van der Waals surface area contributed by atoms with Crippen LogP contribution < -0.4 is 0 Å². The Morgan fingerprint density at radius 1 is 1.24 bits per heavy atom. The minimum atomic E-state index is -0.515. The van der Waals surface area contributed by atoms with Gasteiger partial charge < -0.3 is 4.74 Å². The maximum Gasteiger partial charge on any atom is 0.338 e. The number of thioether (sulfide) groups is 1. The van der Waals surface area contributed by atoms with Gasteiger partial charge in [-0.15, -0.1) is 0 Å². The molecule has 0 aliphatic carbocycles. The lowest BCUT2D eigenvalue weighted by Gasteiger charge is -2.33. The Kier molecular flexibility index (Phi) is 5.95. The topological polar surface area (TPSA) is 59.0 Å². The fraction of sp³-hybridized carbons (Fsp3) is 0.522. The van der Waals surface area contributed by atoms with Gasteiger partial charge in [-0.25, -0.2) is 9.79 Å². The first kappa shape index (κ1) is 21.6. The lowest BCUT2D eigenvalue weighted by molar-refractivity contribution is -0.143. The van der Waals surface area contributed by atoms with Crippen LogP contribution in [0, 0.1) is 0 Å². The lowest BCUT2D eigenvalue weighted by Crippen LogP contribution is -2.41. The second-order valence-electron chi connectivity index (χ2n) is 8.85. The standard InChI is InChI=1S/C23H30N2O3S/c1-8-17-20(26)25-19(15-9-11-16(12-10-15)23(5,6)7)18(21(27)28-13(2)3)14(4)24-22(25)29-17/h9-13,17,19H,8H2,1-7H3. The van der Waals surface area contributed by atoms with Crippen LogP contribution >= 0.6 is 11.8 Å². The van der Waals surface area contributed by atoms with Gasteiger partial charge in [0, 0.05) is 0 Å². The average Bonchev–Trinajstić information content (AvgIpc) is 2.94. The van der Waals surface area contributed by atoms with E-state index in [2.05, 4.69) is 37.9 Å². The number of fused-ring (bicyclic) bond motifs is 1. The molecule has 1 amide bonds. The van der Waals surface area contributed by atoms with Gasteiger partial charge in [-0.05, 0) is 43.7 Å². The predicted molar refractivity (Wildman–Crippen MR) is 118 cm³/mol. The van der Waals surface area contributed by atoms with E-state index in [0.717, 1.165) is 12.0 Å². The van der Waals surface area contributed by atoms with E-state index in [1.807, 2.05) is 39.8 Å². The van der Waals surface area contributed by atoms with E-state index in [1.54, 1.807) is 4.90 Å². The Morgan fingerprint density at radius 3 is 2.38 bits per heavy atom. The molecule has 2 heterocycles. The fourth-order valence-electron chi connectivity index (χ4n) is 3.61. The van der Waals surface area contributed by atoms with Crippen molar-refractivity contribution in [1.82, 2.24) is 4.90 Å². The monoisotopic (exact) mass is 414 g/mol. The van der Waals surface area contributed by atoms with Crippen LogP contribution in [0.5, 0.6) is 0 Å². The lowest BCUT2D eigenvalue weighted by atomic mass is 9.85. The molecule has 0 aromatic heterocycles. The number of hydrogen-bond donors (Lipinski definition) is 0. The van der Waals surface area contributed by atoms with E-state index in [9.17, 15) is 9.59 Å².